The van der Waals surface area contributed by atoms with Crippen LogP contribution in [0.15, 0.2) is 30.3 Å². The van der Waals surface area contributed by atoms with Gasteiger partial charge in [-0.05, 0) is 25.6 Å². The highest BCUT2D eigenvalue weighted by molar-refractivity contribution is 6.30. The average molecular weight is 253 g/mol. The van der Waals surface area contributed by atoms with Crippen LogP contribution in [-0.4, -0.2) is 37.0 Å². The van der Waals surface area contributed by atoms with E-state index in [1.54, 1.807) is 0 Å². The second-order valence-electron chi connectivity index (χ2n) is 4.53. The standard InChI is InChI=1S/C13H17ClN2O/c1-16-8-7-11(9-16)15-13(17)12(14)10-5-3-2-4-6-10/h2-6,11-12H,7-9H2,1H3,(H,15,17). The van der Waals surface area contributed by atoms with Crippen molar-refractivity contribution in [1.29, 1.82) is 0 Å². The molecular weight excluding hydrogens is 236 g/mol. The third kappa shape index (κ3) is 3.20. The van der Waals surface area contributed by atoms with Gasteiger partial charge in [-0.25, -0.2) is 0 Å². The molecule has 0 saturated carbocycles. The van der Waals surface area contributed by atoms with Crippen molar-refractivity contribution in [3.63, 3.8) is 0 Å². The zero-order valence-electron chi connectivity index (χ0n) is 9.90. The molecule has 17 heavy (non-hydrogen) atoms. The highest BCUT2D eigenvalue weighted by Gasteiger charge is 2.24. The van der Waals surface area contributed by atoms with Crippen LogP contribution in [0.5, 0.6) is 0 Å². The van der Waals surface area contributed by atoms with Gasteiger partial charge in [0.15, 0.2) is 0 Å². The predicted octanol–water partition coefficient (Wildman–Crippen LogP) is 1.79. The molecule has 1 saturated heterocycles. The second kappa shape index (κ2) is 5.52. The number of rotatable bonds is 3. The molecule has 0 spiro atoms. The van der Waals surface area contributed by atoms with Gasteiger partial charge in [-0.1, -0.05) is 30.3 Å². The lowest BCUT2D eigenvalue weighted by molar-refractivity contribution is -0.121. The first kappa shape index (κ1) is 12.4. The minimum Gasteiger partial charge on any atom is -0.350 e. The Morgan fingerprint density at radius 3 is 2.76 bits per heavy atom. The lowest BCUT2D eigenvalue weighted by Gasteiger charge is -2.16. The maximum absolute atomic E-state index is 11.9. The number of amides is 1. The molecule has 2 rings (SSSR count). The number of hydrogen-bond donors (Lipinski definition) is 1. The second-order valence-corrected chi connectivity index (χ2v) is 4.97. The Morgan fingerprint density at radius 2 is 2.18 bits per heavy atom. The highest BCUT2D eigenvalue weighted by Crippen LogP contribution is 2.20. The first-order valence-corrected chi connectivity index (χ1v) is 6.28. The van der Waals surface area contributed by atoms with Crippen LogP contribution >= 0.6 is 11.6 Å². The van der Waals surface area contributed by atoms with E-state index < -0.39 is 5.38 Å². The van der Waals surface area contributed by atoms with Gasteiger partial charge in [-0.3, -0.25) is 4.79 Å². The van der Waals surface area contributed by atoms with E-state index in [-0.39, 0.29) is 11.9 Å². The number of carbonyl (C=O) groups is 1. The van der Waals surface area contributed by atoms with E-state index in [0.29, 0.717) is 0 Å². The van der Waals surface area contributed by atoms with Crippen molar-refractivity contribution < 1.29 is 4.79 Å². The van der Waals surface area contributed by atoms with Crippen LogP contribution in [0.1, 0.15) is 17.4 Å². The number of halogens is 1. The molecule has 1 aromatic carbocycles. The number of likely N-dealkylation sites (tertiary alicyclic amines) is 1. The largest absolute Gasteiger partial charge is 0.350 e. The average Bonchev–Trinajstić information content (AvgIpc) is 2.75. The first-order chi connectivity index (χ1) is 8.16. The summed E-state index contributed by atoms with van der Waals surface area (Å²) in [7, 11) is 2.06. The molecule has 0 aromatic heterocycles. The van der Waals surface area contributed by atoms with Crippen molar-refractivity contribution in [2.75, 3.05) is 20.1 Å². The highest BCUT2D eigenvalue weighted by atomic mass is 35.5. The molecule has 0 bridgehead atoms. The predicted molar refractivity (Wildman–Crippen MR) is 69.1 cm³/mol. The van der Waals surface area contributed by atoms with Crippen molar-refractivity contribution in [3.8, 4) is 0 Å². The summed E-state index contributed by atoms with van der Waals surface area (Å²) in [6.07, 6.45) is 1.00. The summed E-state index contributed by atoms with van der Waals surface area (Å²) < 4.78 is 0. The molecule has 4 heteroatoms. The molecule has 1 amide bonds. The Bertz CT molecular complexity index is 382. The Morgan fingerprint density at radius 1 is 1.47 bits per heavy atom. The molecule has 1 aromatic rings. The normalized spacial score (nSPS) is 22.4. The summed E-state index contributed by atoms with van der Waals surface area (Å²) in [4.78, 5) is 14.1. The molecule has 1 heterocycles. The van der Waals surface area contributed by atoms with E-state index >= 15 is 0 Å². The lowest BCUT2D eigenvalue weighted by atomic mass is 10.1. The van der Waals surface area contributed by atoms with Gasteiger partial charge in [-0.15, -0.1) is 11.6 Å². The molecule has 0 radical (unpaired) electrons. The van der Waals surface area contributed by atoms with Crippen LogP contribution < -0.4 is 5.32 Å². The molecule has 1 aliphatic rings. The minimum atomic E-state index is -0.595. The zero-order valence-corrected chi connectivity index (χ0v) is 10.7. The van der Waals surface area contributed by atoms with Gasteiger partial charge < -0.3 is 10.2 Å². The molecular formula is C13H17ClN2O. The van der Waals surface area contributed by atoms with Crippen LogP contribution in [0.4, 0.5) is 0 Å². The monoisotopic (exact) mass is 252 g/mol. The maximum Gasteiger partial charge on any atom is 0.242 e. The van der Waals surface area contributed by atoms with Crippen LogP contribution in [0.3, 0.4) is 0 Å². The van der Waals surface area contributed by atoms with Crippen molar-refractivity contribution in [1.82, 2.24) is 10.2 Å². The van der Waals surface area contributed by atoms with Crippen LogP contribution in [0, 0.1) is 0 Å². The summed E-state index contributed by atoms with van der Waals surface area (Å²) in [6.45, 7) is 1.94. The number of nitrogens with one attached hydrogen (secondary N) is 1. The summed E-state index contributed by atoms with van der Waals surface area (Å²) in [5.41, 5.74) is 0.845. The quantitative estimate of drug-likeness (QED) is 0.832. The summed E-state index contributed by atoms with van der Waals surface area (Å²) >= 11 is 6.15. The molecule has 0 aliphatic carbocycles. The van der Waals surface area contributed by atoms with E-state index in [2.05, 4.69) is 17.3 Å². The third-order valence-corrected chi connectivity index (χ3v) is 3.51. The first-order valence-electron chi connectivity index (χ1n) is 5.85. The van der Waals surface area contributed by atoms with E-state index in [0.717, 1.165) is 25.1 Å². The summed E-state index contributed by atoms with van der Waals surface area (Å²) in [5.74, 6) is -0.0989. The smallest absolute Gasteiger partial charge is 0.242 e. The van der Waals surface area contributed by atoms with Gasteiger partial charge in [0.05, 0.1) is 0 Å². The van der Waals surface area contributed by atoms with Gasteiger partial charge in [0.2, 0.25) is 5.91 Å². The van der Waals surface area contributed by atoms with Gasteiger partial charge in [0, 0.05) is 12.6 Å². The third-order valence-electron chi connectivity index (χ3n) is 3.06. The molecule has 1 aliphatic heterocycles. The maximum atomic E-state index is 11.9. The Balaban J connectivity index is 1.92. The van der Waals surface area contributed by atoms with Gasteiger partial charge in [0.25, 0.3) is 0 Å². The van der Waals surface area contributed by atoms with E-state index in [9.17, 15) is 4.79 Å². The van der Waals surface area contributed by atoms with E-state index in [1.807, 2.05) is 30.3 Å². The fraction of sp³-hybridized carbons (Fsp3) is 0.462. The van der Waals surface area contributed by atoms with Crippen molar-refractivity contribution in [2.24, 2.45) is 0 Å². The van der Waals surface area contributed by atoms with E-state index in [4.69, 9.17) is 11.6 Å². The Hall–Kier alpha value is -1.06. The SMILES string of the molecule is CN1CCC(NC(=O)C(Cl)c2ccccc2)C1. The number of likely N-dealkylation sites (N-methyl/N-ethyl adjacent to an activating group) is 1. The van der Waals surface area contributed by atoms with Gasteiger partial charge in [-0.2, -0.15) is 0 Å². The van der Waals surface area contributed by atoms with Crippen LogP contribution in [-0.2, 0) is 4.79 Å². The summed E-state index contributed by atoms with van der Waals surface area (Å²) in [6, 6.07) is 9.67. The van der Waals surface area contributed by atoms with Crippen molar-refractivity contribution in [2.45, 2.75) is 17.8 Å². The fourth-order valence-corrected chi connectivity index (χ4v) is 2.31. The lowest BCUT2D eigenvalue weighted by Crippen LogP contribution is -2.38. The Kier molecular flexibility index (Phi) is 4.02. The number of nitrogens with zero attached hydrogens (tertiary/aromatic N) is 1. The molecule has 92 valence electrons. The molecule has 1 N–H and O–H groups in total. The van der Waals surface area contributed by atoms with Crippen molar-refractivity contribution >= 4 is 17.5 Å². The van der Waals surface area contributed by atoms with E-state index in [1.165, 1.54) is 0 Å². The minimum absolute atomic E-state index is 0.0989. The van der Waals surface area contributed by atoms with Crippen LogP contribution in [0.2, 0.25) is 0 Å². The zero-order chi connectivity index (χ0) is 12.3. The topological polar surface area (TPSA) is 32.3 Å². The molecule has 2 atom stereocenters. The summed E-state index contributed by atoms with van der Waals surface area (Å²) in [5, 5.41) is 2.40. The molecule has 1 fully saturated rings. The molecule has 3 nitrogen and oxygen atoms in total. The molecule has 2 unspecified atom stereocenters. The van der Waals surface area contributed by atoms with Gasteiger partial charge >= 0.3 is 0 Å². The van der Waals surface area contributed by atoms with Crippen LogP contribution in [0.25, 0.3) is 0 Å². The Labute approximate surface area is 107 Å². The fourth-order valence-electron chi connectivity index (χ4n) is 2.10. The number of alkyl halides is 1. The number of hydrogen-bond acceptors (Lipinski definition) is 2. The van der Waals surface area contributed by atoms with Gasteiger partial charge in [0.1, 0.15) is 5.38 Å². The number of benzene rings is 1. The number of carbonyl (C=O) groups excluding carboxylic acids is 1. The van der Waals surface area contributed by atoms with Crippen molar-refractivity contribution in [3.05, 3.63) is 35.9 Å².